The van der Waals surface area contributed by atoms with E-state index in [1.807, 2.05) is 0 Å². The van der Waals surface area contributed by atoms with Crippen LogP contribution in [0.3, 0.4) is 0 Å². The third-order valence-corrected chi connectivity index (χ3v) is 2.90. The number of carbonyl (C=O) groups excluding carboxylic acids is 1. The molecule has 0 aromatic heterocycles. The number of anilines is 1. The fraction of sp³-hybridized carbons (Fsp3) is 0.133. The molecule has 0 bridgehead atoms. The average Bonchev–Trinajstić information content (AvgIpc) is 2.45. The lowest BCUT2D eigenvalue weighted by Crippen LogP contribution is -2.06. The van der Waals surface area contributed by atoms with E-state index in [1.165, 1.54) is 25.3 Å². The maximum atomic E-state index is 12.8. The summed E-state index contributed by atoms with van der Waals surface area (Å²) in [5, 5.41) is 0. The predicted octanol–water partition coefficient (Wildman–Crippen LogP) is 3.74. The number of carbonyl (C=O) groups is 1. The van der Waals surface area contributed by atoms with Crippen molar-refractivity contribution in [1.29, 1.82) is 0 Å². The minimum atomic E-state index is -4.48. The van der Waals surface area contributed by atoms with Crippen LogP contribution < -0.4 is 5.73 Å². The van der Waals surface area contributed by atoms with E-state index in [4.69, 9.17) is 5.73 Å². The van der Waals surface area contributed by atoms with Gasteiger partial charge in [-0.05, 0) is 41.5 Å². The molecule has 0 heterocycles. The molecule has 0 atom stereocenters. The summed E-state index contributed by atoms with van der Waals surface area (Å²) in [6, 6.07) is 9.43. The summed E-state index contributed by atoms with van der Waals surface area (Å²) >= 11 is 0. The maximum Gasteiger partial charge on any atom is 0.416 e. The predicted molar refractivity (Wildman–Crippen MR) is 72.6 cm³/mol. The van der Waals surface area contributed by atoms with Gasteiger partial charge in [0.1, 0.15) is 0 Å². The Morgan fingerprint density at radius 2 is 1.81 bits per heavy atom. The molecule has 0 aliphatic rings. The van der Waals surface area contributed by atoms with Crippen molar-refractivity contribution in [2.45, 2.75) is 6.18 Å². The van der Waals surface area contributed by atoms with Crippen LogP contribution in [0.2, 0.25) is 0 Å². The van der Waals surface area contributed by atoms with E-state index >= 15 is 0 Å². The molecule has 2 rings (SSSR count). The lowest BCUT2D eigenvalue weighted by Gasteiger charge is -2.11. The second kappa shape index (κ2) is 5.47. The number of nitrogens with two attached hydrogens (primary N) is 1. The highest BCUT2D eigenvalue weighted by molar-refractivity contribution is 5.91. The van der Waals surface area contributed by atoms with Crippen molar-refractivity contribution in [3.63, 3.8) is 0 Å². The molecule has 21 heavy (non-hydrogen) atoms. The van der Waals surface area contributed by atoms with Gasteiger partial charge >= 0.3 is 12.1 Å². The Hall–Kier alpha value is -2.50. The van der Waals surface area contributed by atoms with Crippen LogP contribution in [0.1, 0.15) is 15.9 Å². The molecule has 0 amide bonds. The Kier molecular flexibility index (Phi) is 3.88. The number of methoxy groups -OCH3 is 1. The largest absolute Gasteiger partial charge is 0.465 e. The third-order valence-electron chi connectivity index (χ3n) is 2.90. The van der Waals surface area contributed by atoms with Crippen molar-refractivity contribution in [3.05, 3.63) is 53.6 Å². The van der Waals surface area contributed by atoms with Gasteiger partial charge in [0.2, 0.25) is 0 Å². The first-order valence-electron chi connectivity index (χ1n) is 5.98. The number of benzene rings is 2. The van der Waals surface area contributed by atoms with Crippen molar-refractivity contribution in [3.8, 4) is 11.1 Å². The Balaban J connectivity index is 2.52. The van der Waals surface area contributed by atoms with Crippen LogP contribution in [0.25, 0.3) is 11.1 Å². The fourth-order valence-corrected chi connectivity index (χ4v) is 1.93. The van der Waals surface area contributed by atoms with Crippen molar-refractivity contribution >= 4 is 11.7 Å². The molecule has 0 aliphatic heterocycles. The van der Waals surface area contributed by atoms with Crippen LogP contribution in [0.15, 0.2) is 42.5 Å². The zero-order valence-corrected chi connectivity index (χ0v) is 11.1. The number of hydrogen-bond acceptors (Lipinski definition) is 3. The molecule has 3 nitrogen and oxygen atoms in total. The molecular formula is C15H12F3NO2. The van der Waals surface area contributed by atoms with Gasteiger partial charge in [-0.15, -0.1) is 0 Å². The molecule has 0 saturated carbocycles. The summed E-state index contributed by atoms with van der Waals surface area (Å²) in [4.78, 5) is 11.5. The highest BCUT2D eigenvalue weighted by Crippen LogP contribution is 2.34. The Morgan fingerprint density at radius 1 is 1.10 bits per heavy atom. The number of halogens is 3. The van der Waals surface area contributed by atoms with Crippen LogP contribution in [0.4, 0.5) is 18.9 Å². The summed E-state index contributed by atoms with van der Waals surface area (Å²) in [5.74, 6) is -0.559. The number of hydrogen-bond donors (Lipinski definition) is 1. The van der Waals surface area contributed by atoms with E-state index < -0.39 is 17.7 Å². The Morgan fingerprint density at radius 3 is 2.43 bits per heavy atom. The monoisotopic (exact) mass is 295 g/mol. The molecule has 0 radical (unpaired) electrons. The van der Waals surface area contributed by atoms with Gasteiger partial charge in [0, 0.05) is 5.69 Å². The molecule has 0 fully saturated rings. The summed E-state index contributed by atoms with van der Waals surface area (Å²) < 4.78 is 43.0. The van der Waals surface area contributed by atoms with Crippen molar-refractivity contribution in [2.75, 3.05) is 12.8 Å². The number of alkyl halides is 3. The van der Waals surface area contributed by atoms with Gasteiger partial charge in [-0.25, -0.2) is 4.79 Å². The molecule has 0 saturated heterocycles. The zero-order valence-electron chi connectivity index (χ0n) is 11.1. The third kappa shape index (κ3) is 3.34. The normalized spacial score (nSPS) is 11.2. The van der Waals surface area contributed by atoms with Crippen LogP contribution in [0, 0.1) is 0 Å². The standard InChI is InChI=1S/C15H12F3NO2/c1-21-14(20)10-4-2-3-9(5-10)11-6-12(15(16,17)18)8-13(19)7-11/h2-8H,19H2,1H3. The summed E-state index contributed by atoms with van der Waals surface area (Å²) in [6.07, 6.45) is -4.48. The number of nitrogen functional groups attached to an aromatic ring is 1. The first kappa shape index (κ1) is 14.9. The van der Waals surface area contributed by atoms with E-state index in [0.29, 0.717) is 5.56 Å². The highest BCUT2D eigenvalue weighted by Gasteiger charge is 2.31. The lowest BCUT2D eigenvalue weighted by molar-refractivity contribution is -0.137. The minimum Gasteiger partial charge on any atom is -0.465 e. The second-order valence-corrected chi connectivity index (χ2v) is 4.41. The lowest BCUT2D eigenvalue weighted by atomic mass is 10.00. The Bertz CT molecular complexity index is 681. The van der Waals surface area contributed by atoms with Crippen LogP contribution in [-0.2, 0) is 10.9 Å². The summed E-state index contributed by atoms with van der Waals surface area (Å²) in [6.45, 7) is 0. The minimum absolute atomic E-state index is 0.00305. The van der Waals surface area contributed by atoms with E-state index in [9.17, 15) is 18.0 Å². The maximum absolute atomic E-state index is 12.8. The molecule has 2 aromatic carbocycles. The first-order chi connectivity index (χ1) is 9.81. The smallest absolute Gasteiger partial charge is 0.416 e. The summed E-state index contributed by atoms with van der Waals surface area (Å²) in [7, 11) is 1.23. The van der Waals surface area contributed by atoms with Gasteiger partial charge in [0.15, 0.2) is 0 Å². The molecule has 0 aliphatic carbocycles. The van der Waals surface area contributed by atoms with Crippen molar-refractivity contribution < 1.29 is 22.7 Å². The molecule has 110 valence electrons. The van der Waals surface area contributed by atoms with Crippen LogP contribution >= 0.6 is 0 Å². The van der Waals surface area contributed by atoms with Crippen molar-refractivity contribution in [1.82, 2.24) is 0 Å². The zero-order chi connectivity index (χ0) is 15.6. The van der Waals surface area contributed by atoms with E-state index in [2.05, 4.69) is 4.74 Å². The van der Waals surface area contributed by atoms with Gasteiger partial charge in [-0.1, -0.05) is 12.1 Å². The van der Waals surface area contributed by atoms with E-state index in [-0.39, 0.29) is 16.8 Å². The first-order valence-corrected chi connectivity index (χ1v) is 5.98. The molecule has 2 N–H and O–H groups in total. The number of ether oxygens (including phenoxy) is 1. The topological polar surface area (TPSA) is 52.3 Å². The molecule has 0 spiro atoms. The second-order valence-electron chi connectivity index (χ2n) is 4.41. The van der Waals surface area contributed by atoms with Gasteiger partial charge in [-0.2, -0.15) is 13.2 Å². The molecular weight excluding hydrogens is 283 g/mol. The summed E-state index contributed by atoms with van der Waals surface area (Å²) in [5.41, 5.74) is 5.69. The molecule has 0 unspecified atom stereocenters. The van der Waals surface area contributed by atoms with E-state index in [0.717, 1.165) is 12.1 Å². The van der Waals surface area contributed by atoms with E-state index in [1.54, 1.807) is 12.1 Å². The highest BCUT2D eigenvalue weighted by atomic mass is 19.4. The van der Waals surface area contributed by atoms with Gasteiger partial charge in [0.25, 0.3) is 0 Å². The molecule has 2 aromatic rings. The van der Waals surface area contributed by atoms with Crippen molar-refractivity contribution in [2.24, 2.45) is 0 Å². The van der Waals surface area contributed by atoms with Crippen LogP contribution in [-0.4, -0.2) is 13.1 Å². The fourth-order valence-electron chi connectivity index (χ4n) is 1.93. The average molecular weight is 295 g/mol. The van der Waals surface area contributed by atoms with Crippen LogP contribution in [0.5, 0.6) is 0 Å². The number of rotatable bonds is 2. The van der Waals surface area contributed by atoms with Gasteiger partial charge < -0.3 is 10.5 Å². The number of esters is 1. The van der Waals surface area contributed by atoms with Gasteiger partial charge in [0.05, 0.1) is 18.2 Å². The quantitative estimate of drug-likeness (QED) is 0.678. The Labute approximate surface area is 119 Å². The SMILES string of the molecule is COC(=O)c1cccc(-c2cc(N)cc(C(F)(F)F)c2)c1. The molecule has 6 heteroatoms. The van der Waals surface area contributed by atoms with Gasteiger partial charge in [-0.3, -0.25) is 0 Å².